The average Bonchev–Trinajstić information content (AvgIpc) is 2.62. The predicted octanol–water partition coefficient (Wildman–Crippen LogP) is 0.0259. The van der Waals surface area contributed by atoms with Crippen molar-refractivity contribution in [3.05, 3.63) is 0 Å². The van der Waals surface area contributed by atoms with Gasteiger partial charge in [0.25, 0.3) is 0 Å². The highest BCUT2D eigenvalue weighted by molar-refractivity contribution is 7.89. The summed E-state index contributed by atoms with van der Waals surface area (Å²) in [6.45, 7) is 4.01. The standard InChI is InChI=1S/C13H22N2O5S/c1-8(2)11(15-4-3-5-21(15,19)20)12(16)14-10-6-9(7-10)13(17)18/h8-11H,3-7H2,1-2H3,(H,14,16)(H,17,18). The Hall–Kier alpha value is -1.15. The quantitative estimate of drug-likeness (QED) is 0.744. The number of hydrogen-bond donors (Lipinski definition) is 2. The molecule has 0 aromatic heterocycles. The third-order valence-corrected chi connectivity index (χ3v) is 6.11. The van der Waals surface area contributed by atoms with Gasteiger partial charge in [0.05, 0.1) is 11.7 Å². The molecular formula is C13H22N2O5S. The molecule has 2 N–H and O–H groups in total. The summed E-state index contributed by atoms with van der Waals surface area (Å²) in [6.07, 6.45) is 1.38. The number of carboxylic acids is 1. The molecule has 2 aliphatic rings. The lowest BCUT2D eigenvalue weighted by molar-refractivity contribution is -0.146. The van der Waals surface area contributed by atoms with Gasteiger partial charge in [-0.05, 0) is 25.2 Å². The van der Waals surface area contributed by atoms with Gasteiger partial charge in [-0.3, -0.25) is 9.59 Å². The summed E-state index contributed by atoms with van der Waals surface area (Å²) in [5, 5.41) is 11.6. The zero-order chi connectivity index (χ0) is 15.8. The van der Waals surface area contributed by atoms with Crippen LogP contribution in [-0.4, -0.2) is 54.1 Å². The zero-order valence-electron chi connectivity index (χ0n) is 12.3. The van der Waals surface area contributed by atoms with Crippen molar-refractivity contribution in [1.82, 2.24) is 9.62 Å². The molecule has 1 unspecified atom stereocenters. The van der Waals surface area contributed by atoms with Gasteiger partial charge in [0.15, 0.2) is 0 Å². The van der Waals surface area contributed by atoms with E-state index in [2.05, 4.69) is 5.32 Å². The predicted molar refractivity (Wildman–Crippen MR) is 76.0 cm³/mol. The third-order valence-electron chi connectivity index (χ3n) is 4.18. The maximum atomic E-state index is 12.4. The second-order valence-electron chi connectivity index (χ2n) is 6.18. The van der Waals surface area contributed by atoms with Crippen LogP contribution in [0.5, 0.6) is 0 Å². The molecule has 2 fully saturated rings. The van der Waals surface area contributed by atoms with Crippen LogP contribution in [0.3, 0.4) is 0 Å². The van der Waals surface area contributed by atoms with Crippen molar-refractivity contribution in [3.63, 3.8) is 0 Å². The number of carbonyl (C=O) groups excluding carboxylic acids is 1. The number of hydrogen-bond acceptors (Lipinski definition) is 4. The van der Waals surface area contributed by atoms with Crippen LogP contribution in [0.15, 0.2) is 0 Å². The Balaban J connectivity index is 1.99. The molecule has 0 radical (unpaired) electrons. The van der Waals surface area contributed by atoms with Crippen LogP contribution < -0.4 is 5.32 Å². The van der Waals surface area contributed by atoms with E-state index >= 15 is 0 Å². The van der Waals surface area contributed by atoms with Crippen LogP contribution in [0, 0.1) is 11.8 Å². The number of aliphatic carboxylic acids is 1. The Labute approximate surface area is 124 Å². The molecule has 1 amide bonds. The topological polar surface area (TPSA) is 104 Å². The second-order valence-corrected chi connectivity index (χ2v) is 8.22. The Bertz CT molecular complexity index is 525. The van der Waals surface area contributed by atoms with Crippen LogP contribution in [0.1, 0.15) is 33.1 Å². The number of amides is 1. The second kappa shape index (κ2) is 5.92. The van der Waals surface area contributed by atoms with E-state index in [4.69, 9.17) is 5.11 Å². The zero-order valence-corrected chi connectivity index (χ0v) is 13.1. The highest BCUT2D eigenvalue weighted by Crippen LogP contribution is 2.28. The molecule has 0 bridgehead atoms. The van der Waals surface area contributed by atoms with E-state index in [9.17, 15) is 18.0 Å². The molecule has 0 spiro atoms. The molecule has 1 saturated carbocycles. The first-order chi connectivity index (χ1) is 9.72. The molecular weight excluding hydrogens is 296 g/mol. The van der Waals surface area contributed by atoms with Gasteiger partial charge in [-0.1, -0.05) is 13.8 Å². The summed E-state index contributed by atoms with van der Waals surface area (Å²) in [4.78, 5) is 23.1. The molecule has 0 aromatic carbocycles. The molecule has 1 aliphatic carbocycles. The fraction of sp³-hybridized carbons (Fsp3) is 0.846. The maximum Gasteiger partial charge on any atom is 0.306 e. The SMILES string of the molecule is CC(C)C(C(=O)NC1CC(C(=O)O)C1)N1CCCS1(=O)=O. The Morgan fingerprint density at radius 3 is 2.33 bits per heavy atom. The van der Waals surface area contributed by atoms with E-state index in [1.807, 2.05) is 13.8 Å². The average molecular weight is 318 g/mol. The third kappa shape index (κ3) is 3.37. The molecule has 1 heterocycles. The minimum atomic E-state index is -3.35. The van der Waals surface area contributed by atoms with Crippen molar-refractivity contribution in [1.29, 1.82) is 0 Å². The summed E-state index contributed by atoms with van der Waals surface area (Å²) in [5.74, 6) is -1.60. The van der Waals surface area contributed by atoms with E-state index in [1.165, 1.54) is 4.31 Å². The summed E-state index contributed by atoms with van der Waals surface area (Å²) in [5.41, 5.74) is 0. The van der Waals surface area contributed by atoms with Gasteiger partial charge in [0.2, 0.25) is 15.9 Å². The first-order valence-electron chi connectivity index (χ1n) is 7.25. The maximum absolute atomic E-state index is 12.4. The molecule has 1 aliphatic heterocycles. The molecule has 8 heteroatoms. The summed E-state index contributed by atoms with van der Waals surface area (Å²) >= 11 is 0. The fourth-order valence-electron chi connectivity index (χ4n) is 2.96. The van der Waals surface area contributed by atoms with Gasteiger partial charge >= 0.3 is 5.97 Å². The van der Waals surface area contributed by atoms with Crippen molar-refractivity contribution < 1.29 is 23.1 Å². The van der Waals surface area contributed by atoms with Crippen molar-refractivity contribution in [2.75, 3.05) is 12.3 Å². The van der Waals surface area contributed by atoms with Crippen LogP contribution in [0.2, 0.25) is 0 Å². The van der Waals surface area contributed by atoms with Crippen LogP contribution in [0.25, 0.3) is 0 Å². The van der Waals surface area contributed by atoms with Crippen molar-refractivity contribution in [2.24, 2.45) is 11.8 Å². The molecule has 1 atom stereocenters. The molecule has 1 saturated heterocycles. The Morgan fingerprint density at radius 1 is 1.29 bits per heavy atom. The normalized spacial score (nSPS) is 29.9. The van der Waals surface area contributed by atoms with Gasteiger partial charge in [-0.15, -0.1) is 0 Å². The smallest absolute Gasteiger partial charge is 0.306 e. The number of nitrogens with zero attached hydrogens (tertiary/aromatic N) is 1. The van der Waals surface area contributed by atoms with Crippen molar-refractivity contribution in [3.8, 4) is 0 Å². The minimum absolute atomic E-state index is 0.0913. The van der Waals surface area contributed by atoms with Crippen LogP contribution in [0.4, 0.5) is 0 Å². The monoisotopic (exact) mass is 318 g/mol. The van der Waals surface area contributed by atoms with E-state index in [0.717, 1.165) is 0 Å². The molecule has 0 aromatic rings. The summed E-state index contributed by atoms with van der Waals surface area (Å²) < 4.78 is 25.3. The lowest BCUT2D eigenvalue weighted by atomic mass is 9.80. The van der Waals surface area contributed by atoms with E-state index in [1.54, 1.807) is 0 Å². The minimum Gasteiger partial charge on any atom is -0.481 e. The lowest BCUT2D eigenvalue weighted by Gasteiger charge is -2.36. The van der Waals surface area contributed by atoms with E-state index < -0.39 is 28.0 Å². The summed E-state index contributed by atoms with van der Waals surface area (Å²) in [6, 6.07) is -0.869. The van der Waals surface area contributed by atoms with Crippen molar-refractivity contribution in [2.45, 2.75) is 45.2 Å². The first-order valence-corrected chi connectivity index (χ1v) is 8.86. The molecule has 120 valence electrons. The van der Waals surface area contributed by atoms with Gasteiger partial charge in [0, 0.05) is 12.6 Å². The Kier molecular flexibility index (Phi) is 4.57. The Morgan fingerprint density at radius 2 is 1.90 bits per heavy atom. The van der Waals surface area contributed by atoms with Gasteiger partial charge in [-0.2, -0.15) is 4.31 Å². The first kappa shape index (κ1) is 16.2. The van der Waals surface area contributed by atoms with Crippen LogP contribution in [-0.2, 0) is 19.6 Å². The lowest BCUT2D eigenvalue weighted by Crippen LogP contribution is -2.55. The number of rotatable bonds is 5. The number of carbonyl (C=O) groups is 2. The van der Waals surface area contributed by atoms with Gasteiger partial charge < -0.3 is 10.4 Å². The summed E-state index contributed by atoms with van der Waals surface area (Å²) in [7, 11) is -3.35. The largest absolute Gasteiger partial charge is 0.481 e. The molecule has 21 heavy (non-hydrogen) atoms. The number of sulfonamides is 1. The fourth-order valence-corrected chi connectivity index (χ4v) is 4.78. The molecule has 7 nitrogen and oxygen atoms in total. The van der Waals surface area contributed by atoms with Gasteiger partial charge in [0.1, 0.15) is 6.04 Å². The van der Waals surface area contributed by atoms with Crippen molar-refractivity contribution >= 4 is 21.9 Å². The van der Waals surface area contributed by atoms with Crippen LogP contribution >= 0.6 is 0 Å². The van der Waals surface area contributed by atoms with E-state index in [-0.39, 0.29) is 23.6 Å². The van der Waals surface area contributed by atoms with Gasteiger partial charge in [-0.25, -0.2) is 8.42 Å². The highest BCUT2D eigenvalue weighted by Gasteiger charge is 2.42. The van der Waals surface area contributed by atoms with E-state index in [0.29, 0.717) is 25.8 Å². The highest BCUT2D eigenvalue weighted by atomic mass is 32.2. The number of carboxylic acid groups (broad SMARTS) is 1. The number of nitrogens with one attached hydrogen (secondary N) is 1. The molecule has 2 rings (SSSR count).